The number of carbonyl (C=O) groups excluding carboxylic acids is 1. The molecule has 1 aromatic heterocycles. The third-order valence-electron chi connectivity index (χ3n) is 2.69. The van der Waals surface area contributed by atoms with Crippen LogP contribution in [-0.2, 0) is 0 Å². The molecule has 0 bridgehead atoms. The Bertz CT molecular complexity index is 604. The van der Waals surface area contributed by atoms with E-state index in [0.717, 1.165) is 15.6 Å². The lowest BCUT2D eigenvalue weighted by atomic mass is 10.1. The highest BCUT2D eigenvalue weighted by Crippen LogP contribution is 2.37. The average Bonchev–Trinajstić information content (AvgIpc) is 2.72. The lowest BCUT2D eigenvalue weighted by molar-refractivity contribution is 0.0992. The summed E-state index contributed by atoms with van der Waals surface area (Å²) < 4.78 is 11.6. The number of Topliss-reactive ketones (excluding diaryl/α,β-unsaturated/α-hetero) is 1. The third-order valence-corrected chi connectivity index (χ3v) is 3.54. The summed E-state index contributed by atoms with van der Waals surface area (Å²) in [5.41, 5.74) is 1.25. The molecule has 18 heavy (non-hydrogen) atoms. The molecule has 0 spiro atoms. The Morgan fingerprint density at radius 3 is 2.83 bits per heavy atom. The van der Waals surface area contributed by atoms with Crippen molar-refractivity contribution in [2.45, 2.75) is 6.92 Å². The summed E-state index contributed by atoms with van der Waals surface area (Å²) in [6, 6.07) is 3.59. The first kappa shape index (κ1) is 13.1. The summed E-state index contributed by atoms with van der Waals surface area (Å²) in [4.78, 5) is 12.0. The number of likely N-dealkylation sites (N-methyl/N-ethyl adjacent to an activating group) is 1. The number of methoxy groups -OCH3 is 1. The minimum Gasteiger partial charge on any atom is -0.493 e. The molecule has 1 heterocycles. The Kier molecular flexibility index (Phi) is 3.73. The number of fused-ring (bicyclic) bond motifs is 1. The topological polar surface area (TPSA) is 51.5 Å². The predicted molar refractivity (Wildman–Crippen MR) is 73.5 cm³/mol. The zero-order valence-electron chi connectivity index (χ0n) is 10.5. The van der Waals surface area contributed by atoms with E-state index in [1.54, 1.807) is 20.2 Å². The maximum atomic E-state index is 12.0. The highest BCUT2D eigenvalue weighted by atomic mass is 79.9. The van der Waals surface area contributed by atoms with Gasteiger partial charge in [0.05, 0.1) is 13.7 Å². The molecule has 2 rings (SSSR count). The van der Waals surface area contributed by atoms with E-state index in [0.29, 0.717) is 16.9 Å². The van der Waals surface area contributed by atoms with Gasteiger partial charge in [0, 0.05) is 15.4 Å². The summed E-state index contributed by atoms with van der Waals surface area (Å²) in [6.45, 7) is 2.14. The molecule has 0 aliphatic heterocycles. The van der Waals surface area contributed by atoms with Crippen molar-refractivity contribution in [2.24, 2.45) is 0 Å². The smallest absolute Gasteiger partial charge is 0.177 e. The normalized spacial score (nSPS) is 10.9. The van der Waals surface area contributed by atoms with Crippen LogP contribution in [0.3, 0.4) is 0 Å². The van der Waals surface area contributed by atoms with Gasteiger partial charge in [0.2, 0.25) is 0 Å². The number of ether oxygens (including phenoxy) is 1. The molecule has 0 atom stereocenters. The van der Waals surface area contributed by atoms with E-state index in [2.05, 4.69) is 21.2 Å². The fourth-order valence-corrected chi connectivity index (χ4v) is 2.51. The first-order valence-electron chi connectivity index (χ1n) is 5.53. The van der Waals surface area contributed by atoms with Crippen molar-refractivity contribution in [1.82, 2.24) is 5.32 Å². The predicted octanol–water partition coefficient (Wildman–Crippen LogP) is 2.91. The molecule has 2 aromatic rings. The molecule has 0 saturated heterocycles. The number of aryl methyl sites for hydroxylation is 1. The fraction of sp³-hybridized carbons (Fsp3) is 0.308. The Balaban J connectivity index is 2.68. The van der Waals surface area contributed by atoms with Crippen molar-refractivity contribution in [2.75, 3.05) is 20.7 Å². The molecule has 0 aliphatic rings. The van der Waals surface area contributed by atoms with Gasteiger partial charge in [0.1, 0.15) is 5.76 Å². The van der Waals surface area contributed by atoms with E-state index in [9.17, 15) is 4.79 Å². The highest BCUT2D eigenvalue weighted by Gasteiger charge is 2.18. The Hall–Kier alpha value is -1.33. The van der Waals surface area contributed by atoms with Crippen LogP contribution in [0.1, 0.15) is 16.1 Å². The number of furan rings is 1. The van der Waals surface area contributed by atoms with Gasteiger partial charge in [0.25, 0.3) is 0 Å². The number of carbonyl (C=O) groups is 1. The third kappa shape index (κ3) is 2.15. The number of rotatable bonds is 4. The summed E-state index contributed by atoms with van der Waals surface area (Å²) in [7, 11) is 3.30. The SMILES string of the molecule is CNCC(=O)c1cc(OC)c2oc(C)cc2c1Br. The lowest BCUT2D eigenvalue weighted by Gasteiger charge is -2.08. The van der Waals surface area contributed by atoms with E-state index < -0.39 is 0 Å². The molecular weight excluding hydrogens is 298 g/mol. The average molecular weight is 312 g/mol. The van der Waals surface area contributed by atoms with E-state index >= 15 is 0 Å². The lowest BCUT2D eigenvalue weighted by Crippen LogP contribution is -2.19. The number of benzene rings is 1. The highest BCUT2D eigenvalue weighted by molar-refractivity contribution is 9.10. The first-order chi connectivity index (χ1) is 8.58. The standard InChI is InChI=1S/C13H14BrNO3/c1-7-4-9-12(14)8(10(16)6-15-2)5-11(17-3)13(9)18-7/h4-5,15H,6H2,1-3H3. The summed E-state index contributed by atoms with van der Waals surface area (Å²) in [6.07, 6.45) is 0. The van der Waals surface area contributed by atoms with Crippen LogP contribution in [0.15, 0.2) is 21.0 Å². The van der Waals surface area contributed by atoms with Gasteiger partial charge in [-0.25, -0.2) is 0 Å². The van der Waals surface area contributed by atoms with Crippen LogP contribution in [0.2, 0.25) is 0 Å². The molecule has 0 radical (unpaired) electrons. The molecular formula is C13H14BrNO3. The molecule has 0 saturated carbocycles. The van der Waals surface area contributed by atoms with Crippen LogP contribution in [-0.4, -0.2) is 26.5 Å². The molecule has 1 N–H and O–H groups in total. The van der Waals surface area contributed by atoms with E-state index in [-0.39, 0.29) is 12.3 Å². The van der Waals surface area contributed by atoms with Gasteiger partial charge in [-0.2, -0.15) is 0 Å². The number of hydrogen-bond donors (Lipinski definition) is 1. The van der Waals surface area contributed by atoms with Crippen molar-refractivity contribution in [1.29, 1.82) is 0 Å². The minimum absolute atomic E-state index is 0.00317. The Labute approximate surface area is 113 Å². The molecule has 0 unspecified atom stereocenters. The second-order valence-corrected chi connectivity index (χ2v) is 4.79. The van der Waals surface area contributed by atoms with Crippen molar-refractivity contribution in [3.8, 4) is 5.75 Å². The molecule has 4 nitrogen and oxygen atoms in total. The monoisotopic (exact) mass is 311 g/mol. The van der Waals surface area contributed by atoms with Gasteiger partial charge in [-0.05, 0) is 42.0 Å². The molecule has 0 aliphatic carbocycles. The zero-order valence-corrected chi connectivity index (χ0v) is 12.1. The molecule has 1 aromatic carbocycles. The number of hydrogen-bond acceptors (Lipinski definition) is 4. The number of ketones is 1. The number of nitrogens with one attached hydrogen (secondary N) is 1. The Morgan fingerprint density at radius 1 is 1.50 bits per heavy atom. The van der Waals surface area contributed by atoms with Crippen molar-refractivity contribution in [3.05, 3.63) is 27.9 Å². The van der Waals surface area contributed by atoms with Crippen molar-refractivity contribution < 1.29 is 13.9 Å². The van der Waals surface area contributed by atoms with Gasteiger partial charge in [-0.15, -0.1) is 0 Å². The molecule has 0 fully saturated rings. The van der Waals surface area contributed by atoms with Crippen LogP contribution in [0.4, 0.5) is 0 Å². The maximum Gasteiger partial charge on any atom is 0.177 e. The summed E-state index contributed by atoms with van der Waals surface area (Å²) in [5, 5.41) is 3.70. The maximum absolute atomic E-state index is 12.0. The quantitative estimate of drug-likeness (QED) is 0.882. The second-order valence-electron chi connectivity index (χ2n) is 3.99. The van der Waals surface area contributed by atoms with E-state index in [1.165, 1.54) is 0 Å². The molecule has 5 heteroatoms. The molecule has 96 valence electrons. The van der Waals surface area contributed by atoms with Crippen LogP contribution in [0.25, 0.3) is 11.0 Å². The van der Waals surface area contributed by atoms with Crippen LogP contribution >= 0.6 is 15.9 Å². The van der Waals surface area contributed by atoms with Crippen LogP contribution < -0.4 is 10.1 Å². The van der Waals surface area contributed by atoms with Gasteiger partial charge in [-0.3, -0.25) is 4.79 Å². The number of halogens is 1. The van der Waals surface area contributed by atoms with Gasteiger partial charge < -0.3 is 14.5 Å². The van der Waals surface area contributed by atoms with Gasteiger partial charge in [-0.1, -0.05) is 0 Å². The summed E-state index contributed by atoms with van der Waals surface area (Å²) in [5.74, 6) is 1.35. The largest absolute Gasteiger partial charge is 0.493 e. The fourth-order valence-electron chi connectivity index (χ4n) is 1.88. The van der Waals surface area contributed by atoms with E-state index in [4.69, 9.17) is 9.15 Å². The first-order valence-corrected chi connectivity index (χ1v) is 6.32. The van der Waals surface area contributed by atoms with Crippen molar-refractivity contribution >= 4 is 32.7 Å². The van der Waals surface area contributed by atoms with Gasteiger partial charge >= 0.3 is 0 Å². The Morgan fingerprint density at radius 2 is 2.22 bits per heavy atom. The zero-order chi connectivity index (χ0) is 13.3. The van der Waals surface area contributed by atoms with Gasteiger partial charge in [0.15, 0.2) is 17.1 Å². The van der Waals surface area contributed by atoms with Crippen molar-refractivity contribution in [3.63, 3.8) is 0 Å². The van der Waals surface area contributed by atoms with Crippen LogP contribution in [0.5, 0.6) is 5.75 Å². The van der Waals surface area contributed by atoms with E-state index in [1.807, 2.05) is 13.0 Å². The van der Waals surface area contributed by atoms with Crippen LogP contribution in [0, 0.1) is 6.92 Å². The minimum atomic E-state index is 0.00317. The summed E-state index contributed by atoms with van der Waals surface area (Å²) >= 11 is 3.46. The second kappa shape index (κ2) is 5.12. The molecule has 0 amide bonds.